The molecule has 0 aliphatic heterocycles. The summed E-state index contributed by atoms with van der Waals surface area (Å²) >= 11 is 0. The van der Waals surface area contributed by atoms with E-state index in [1.54, 1.807) is 0 Å². The van der Waals surface area contributed by atoms with E-state index in [2.05, 4.69) is 96.7 Å². The van der Waals surface area contributed by atoms with Crippen LogP contribution in [0.2, 0.25) is 0 Å². The predicted octanol–water partition coefficient (Wildman–Crippen LogP) is 6.97. The van der Waals surface area contributed by atoms with Crippen LogP contribution >= 0.6 is 10.0 Å². The fraction of sp³-hybridized carbons (Fsp3) is 0.462. The Hall–Kier alpha value is -1.51. The standard InChI is InChI=1S/C26H38OS/c1-25(2,3)22-15-21(16-23(17-22)26(4,5)6)24(28(7,8)9)14-19-10-12-20(18-27)13-11-19/h10-17,27H,18H2,1-9H3/b24-14-. The zero-order valence-electron chi connectivity index (χ0n) is 19.2. The van der Waals surface area contributed by atoms with Gasteiger partial charge in [0.1, 0.15) is 0 Å². The average Bonchev–Trinajstić information content (AvgIpc) is 2.57. The van der Waals surface area contributed by atoms with E-state index in [1.165, 1.54) is 27.2 Å². The first kappa shape index (κ1) is 22.8. The molecule has 0 bridgehead atoms. The molecule has 0 saturated heterocycles. The maximum Gasteiger partial charge on any atom is 0.0681 e. The van der Waals surface area contributed by atoms with Crippen molar-refractivity contribution in [3.63, 3.8) is 0 Å². The SMILES string of the molecule is CC(C)(C)c1cc(/C(=C/c2ccc(CO)cc2)S(C)(C)C)cc(C(C)(C)C)c1. The minimum atomic E-state index is -0.945. The average molecular weight is 399 g/mol. The predicted molar refractivity (Wildman–Crippen MR) is 129 cm³/mol. The number of aliphatic hydroxyl groups is 1. The molecule has 0 unspecified atom stereocenters. The third kappa shape index (κ3) is 5.75. The van der Waals surface area contributed by atoms with Gasteiger partial charge in [-0.05, 0) is 68.4 Å². The highest BCUT2D eigenvalue weighted by Crippen LogP contribution is 2.52. The van der Waals surface area contributed by atoms with Crippen molar-refractivity contribution in [2.45, 2.75) is 59.0 Å². The highest BCUT2D eigenvalue weighted by atomic mass is 32.3. The Morgan fingerprint density at radius 3 is 1.64 bits per heavy atom. The number of benzene rings is 2. The van der Waals surface area contributed by atoms with Crippen LogP contribution in [-0.2, 0) is 17.4 Å². The molecular formula is C26H38OS. The van der Waals surface area contributed by atoms with Gasteiger partial charge in [0.05, 0.1) is 6.61 Å². The minimum absolute atomic E-state index is 0.0872. The summed E-state index contributed by atoms with van der Waals surface area (Å²) in [5, 5.41) is 9.32. The molecule has 0 radical (unpaired) electrons. The van der Waals surface area contributed by atoms with E-state index < -0.39 is 10.0 Å². The van der Waals surface area contributed by atoms with Gasteiger partial charge in [-0.15, -0.1) is 0 Å². The van der Waals surface area contributed by atoms with Crippen LogP contribution < -0.4 is 0 Å². The summed E-state index contributed by atoms with van der Waals surface area (Å²) in [6, 6.07) is 15.4. The molecule has 0 spiro atoms. The third-order valence-corrected chi connectivity index (χ3v) is 6.74. The highest BCUT2D eigenvalue weighted by Gasteiger charge is 2.23. The zero-order valence-corrected chi connectivity index (χ0v) is 20.0. The Morgan fingerprint density at radius 1 is 0.821 bits per heavy atom. The molecule has 0 amide bonds. The van der Waals surface area contributed by atoms with Crippen molar-refractivity contribution < 1.29 is 5.11 Å². The smallest absolute Gasteiger partial charge is 0.0681 e. The fourth-order valence-corrected chi connectivity index (χ4v) is 4.43. The summed E-state index contributed by atoms with van der Waals surface area (Å²) in [5.74, 6) is 0. The Kier molecular flexibility index (Phi) is 6.57. The molecule has 1 N–H and O–H groups in total. The normalized spacial score (nSPS) is 14.3. The molecule has 2 rings (SSSR count). The van der Waals surface area contributed by atoms with Gasteiger partial charge in [-0.2, -0.15) is 0 Å². The van der Waals surface area contributed by atoms with Gasteiger partial charge < -0.3 is 5.11 Å². The van der Waals surface area contributed by atoms with E-state index >= 15 is 0 Å². The van der Waals surface area contributed by atoms with Gasteiger partial charge in [-0.1, -0.05) is 84.0 Å². The molecule has 2 aromatic rings. The van der Waals surface area contributed by atoms with Crippen LogP contribution in [0.1, 0.15) is 69.4 Å². The van der Waals surface area contributed by atoms with E-state index in [1.807, 2.05) is 12.1 Å². The number of rotatable bonds is 4. The summed E-state index contributed by atoms with van der Waals surface area (Å²) in [6.45, 7) is 13.8. The number of aliphatic hydroxyl groups excluding tert-OH is 1. The lowest BCUT2D eigenvalue weighted by molar-refractivity contribution is 0.282. The van der Waals surface area contributed by atoms with Gasteiger partial charge in [0.2, 0.25) is 0 Å². The quantitative estimate of drug-likeness (QED) is 0.552. The summed E-state index contributed by atoms with van der Waals surface area (Å²) in [4.78, 5) is 1.42. The maximum atomic E-state index is 9.32. The second kappa shape index (κ2) is 8.08. The molecule has 2 aromatic carbocycles. The summed E-state index contributed by atoms with van der Waals surface area (Å²) in [6.07, 6.45) is 9.43. The van der Waals surface area contributed by atoms with Crippen LogP contribution in [0, 0.1) is 0 Å². The van der Waals surface area contributed by atoms with E-state index in [9.17, 15) is 5.11 Å². The van der Waals surface area contributed by atoms with Crippen LogP contribution in [-0.4, -0.2) is 23.9 Å². The van der Waals surface area contributed by atoms with Crippen LogP contribution in [0.15, 0.2) is 42.5 Å². The van der Waals surface area contributed by atoms with E-state index in [4.69, 9.17) is 0 Å². The Balaban J connectivity index is 2.71. The van der Waals surface area contributed by atoms with Crippen molar-refractivity contribution in [1.29, 1.82) is 0 Å². The van der Waals surface area contributed by atoms with Crippen LogP contribution in [0.25, 0.3) is 11.0 Å². The van der Waals surface area contributed by atoms with E-state index in [0.29, 0.717) is 0 Å². The molecule has 0 saturated carbocycles. The molecule has 0 aromatic heterocycles. The minimum Gasteiger partial charge on any atom is -0.392 e. The molecule has 154 valence electrons. The van der Waals surface area contributed by atoms with Gasteiger partial charge in [0.15, 0.2) is 0 Å². The van der Waals surface area contributed by atoms with Crippen molar-refractivity contribution in [3.8, 4) is 0 Å². The van der Waals surface area contributed by atoms with Gasteiger partial charge in [-0.25, -0.2) is 10.0 Å². The Bertz CT molecular complexity index is 806. The highest BCUT2D eigenvalue weighted by molar-refractivity contribution is 8.39. The maximum absolute atomic E-state index is 9.32. The molecule has 1 nitrogen and oxygen atoms in total. The fourth-order valence-electron chi connectivity index (χ4n) is 3.12. The Labute approximate surface area is 174 Å². The summed E-state index contributed by atoms with van der Waals surface area (Å²) in [7, 11) is -0.945. The van der Waals surface area contributed by atoms with Crippen molar-refractivity contribution in [3.05, 3.63) is 70.3 Å². The monoisotopic (exact) mass is 398 g/mol. The largest absolute Gasteiger partial charge is 0.392 e. The van der Waals surface area contributed by atoms with E-state index in [-0.39, 0.29) is 17.4 Å². The molecule has 0 aliphatic rings. The summed E-state index contributed by atoms with van der Waals surface area (Å²) in [5.41, 5.74) is 6.47. The number of hydrogen-bond acceptors (Lipinski definition) is 1. The number of hydrogen-bond donors (Lipinski definition) is 1. The second-order valence-electron chi connectivity index (χ2n) is 10.5. The molecule has 28 heavy (non-hydrogen) atoms. The van der Waals surface area contributed by atoms with Crippen molar-refractivity contribution in [2.75, 3.05) is 18.8 Å². The molecule has 0 aliphatic carbocycles. The lowest BCUT2D eigenvalue weighted by Crippen LogP contribution is -2.17. The molecular weight excluding hydrogens is 360 g/mol. The molecule has 0 atom stereocenters. The molecule has 0 fully saturated rings. The van der Waals surface area contributed by atoms with E-state index in [0.717, 1.165) is 5.56 Å². The van der Waals surface area contributed by atoms with Crippen molar-refractivity contribution in [1.82, 2.24) is 0 Å². The molecule has 0 heterocycles. The molecule has 2 heteroatoms. The van der Waals surface area contributed by atoms with Crippen molar-refractivity contribution >= 4 is 21.0 Å². The lowest BCUT2D eigenvalue weighted by Gasteiger charge is -2.33. The first-order valence-corrected chi connectivity index (χ1v) is 12.8. The second-order valence-corrected chi connectivity index (χ2v) is 14.7. The van der Waals surface area contributed by atoms with Crippen LogP contribution in [0.3, 0.4) is 0 Å². The lowest BCUT2D eigenvalue weighted by atomic mass is 9.79. The Morgan fingerprint density at radius 2 is 1.29 bits per heavy atom. The van der Waals surface area contributed by atoms with Crippen molar-refractivity contribution in [2.24, 2.45) is 0 Å². The van der Waals surface area contributed by atoms with Gasteiger partial charge in [0, 0.05) is 0 Å². The van der Waals surface area contributed by atoms with Crippen LogP contribution in [0.4, 0.5) is 0 Å². The van der Waals surface area contributed by atoms with Gasteiger partial charge in [-0.3, -0.25) is 0 Å². The van der Waals surface area contributed by atoms with Gasteiger partial charge >= 0.3 is 0 Å². The van der Waals surface area contributed by atoms with Gasteiger partial charge in [0.25, 0.3) is 0 Å². The topological polar surface area (TPSA) is 20.2 Å². The van der Waals surface area contributed by atoms with Crippen LogP contribution in [0.5, 0.6) is 0 Å². The zero-order chi connectivity index (χ0) is 21.3. The first-order valence-electron chi connectivity index (χ1n) is 9.98. The third-order valence-electron chi connectivity index (χ3n) is 5.07. The summed E-state index contributed by atoms with van der Waals surface area (Å²) < 4.78 is 0. The first-order chi connectivity index (χ1) is 12.7.